The first kappa shape index (κ1) is 17.4. The molecule has 2 saturated heterocycles. The van der Waals surface area contributed by atoms with E-state index in [-0.39, 0.29) is 5.91 Å². The summed E-state index contributed by atoms with van der Waals surface area (Å²) in [7, 11) is 0. The van der Waals surface area contributed by atoms with Crippen LogP contribution in [-0.4, -0.2) is 51.5 Å². The zero-order chi connectivity index (χ0) is 17.1. The van der Waals surface area contributed by atoms with Gasteiger partial charge in [-0.15, -0.1) is 5.10 Å². The molecule has 1 aromatic heterocycles. The molecule has 1 N–H and O–H groups in total. The van der Waals surface area contributed by atoms with Crippen LogP contribution < -0.4 is 5.32 Å². The average molecular weight is 333 g/mol. The molecule has 24 heavy (non-hydrogen) atoms. The van der Waals surface area contributed by atoms with Crippen LogP contribution in [0.25, 0.3) is 0 Å². The Kier molecular flexibility index (Phi) is 5.54. The Labute approximate surface area is 145 Å². The van der Waals surface area contributed by atoms with Crippen molar-refractivity contribution in [2.24, 2.45) is 11.8 Å². The maximum atomic E-state index is 13.1. The van der Waals surface area contributed by atoms with Gasteiger partial charge in [-0.2, -0.15) is 0 Å². The third-order valence-corrected chi connectivity index (χ3v) is 5.66. The fourth-order valence-corrected chi connectivity index (χ4v) is 4.00. The van der Waals surface area contributed by atoms with E-state index in [4.69, 9.17) is 0 Å². The van der Waals surface area contributed by atoms with Crippen molar-refractivity contribution in [1.29, 1.82) is 0 Å². The van der Waals surface area contributed by atoms with E-state index in [0.29, 0.717) is 29.6 Å². The number of aromatic nitrogens is 3. The molecule has 0 radical (unpaired) electrons. The van der Waals surface area contributed by atoms with Crippen LogP contribution in [-0.2, 0) is 0 Å². The minimum Gasteiger partial charge on any atom is -0.334 e. The summed E-state index contributed by atoms with van der Waals surface area (Å²) in [6, 6.07) is 0.678. The number of piperidine rings is 1. The van der Waals surface area contributed by atoms with Crippen molar-refractivity contribution in [2.45, 2.75) is 65.0 Å². The molecule has 0 unspecified atom stereocenters. The lowest BCUT2D eigenvalue weighted by molar-refractivity contribution is 0.0625. The molecule has 1 aromatic rings. The molecule has 2 aliphatic heterocycles. The van der Waals surface area contributed by atoms with Crippen molar-refractivity contribution in [3.63, 3.8) is 0 Å². The van der Waals surface area contributed by atoms with Gasteiger partial charge in [0.1, 0.15) is 0 Å². The first-order valence-electron chi connectivity index (χ1n) is 9.49. The van der Waals surface area contributed by atoms with Crippen LogP contribution in [0.2, 0.25) is 0 Å². The van der Waals surface area contributed by atoms with Crippen molar-refractivity contribution in [3.05, 3.63) is 11.9 Å². The van der Waals surface area contributed by atoms with Gasteiger partial charge in [0.05, 0.1) is 12.2 Å². The van der Waals surface area contributed by atoms with Crippen LogP contribution in [0.1, 0.15) is 69.4 Å². The van der Waals surface area contributed by atoms with Gasteiger partial charge in [-0.25, -0.2) is 4.68 Å². The van der Waals surface area contributed by atoms with Gasteiger partial charge in [0.15, 0.2) is 5.69 Å². The predicted molar refractivity (Wildman–Crippen MR) is 93.8 cm³/mol. The fourth-order valence-electron chi connectivity index (χ4n) is 4.00. The van der Waals surface area contributed by atoms with Gasteiger partial charge >= 0.3 is 0 Å². The van der Waals surface area contributed by atoms with Crippen molar-refractivity contribution < 1.29 is 4.79 Å². The zero-order valence-corrected chi connectivity index (χ0v) is 15.2. The summed E-state index contributed by atoms with van der Waals surface area (Å²) >= 11 is 0. The number of nitrogens with zero attached hydrogens (tertiary/aromatic N) is 4. The molecule has 2 aliphatic rings. The van der Waals surface area contributed by atoms with Crippen LogP contribution >= 0.6 is 0 Å². The molecule has 6 nitrogen and oxygen atoms in total. The van der Waals surface area contributed by atoms with Crippen molar-refractivity contribution >= 4 is 5.91 Å². The number of hydrogen-bond donors (Lipinski definition) is 1. The highest BCUT2D eigenvalue weighted by Gasteiger charge is 2.31. The van der Waals surface area contributed by atoms with Gasteiger partial charge in [-0.1, -0.05) is 26.0 Å². The molecule has 1 amide bonds. The second-order valence-corrected chi connectivity index (χ2v) is 7.85. The Hall–Kier alpha value is -1.43. The van der Waals surface area contributed by atoms with Crippen LogP contribution in [0.15, 0.2) is 6.20 Å². The first-order chi connectivity index (χ1) is 11.6. The second-order valence-electron chi connectivity index (χ2n) is 7.85. The van der Waals surface area contributed by atoms with E-state index in [1.54, 1.807) is 0 Å². The van der Waals surface area contributed by atoms with Crippen LogP contribution in [0.4, 0.5) is 0 Å². The summed E-state index contributed by atoms with van der Waals surface area (Å²) in [4.78, 5) is 15.1. The first-order valence-corrected chi connectivity index (χ1v) is 9.49. The van der Waals surface area contributed by atoms with Crippen LogP contribution in [0, 0.1) is 11.8 Å². The number of carbonyl (C=O) groups is 1. The van der Waals surface area contributed by atoms with Crippen LogP contribution in [0.5, 0.6) is 0 Å². The molecule has 0 aromatic carbocycles. The lowest BCUT2D eigenvalue weighted by Crippen LogP contribution is -2.43. The molecule has 3 heterocycles. The summed E-state index contributed by atoms with van der Waals surface area (Å²) in [5.41, 5.74) is 0.508. The molecule has 2 atom stereocenters. The summed E-state index contributed by atoms with van der Waals surface area (Å²) < 4.78 is 1.90. The van der Waals surface area contributed by atoms with Gasteiger partial charge < -0.3 is 10.2 Å². The van der Waals surface area contributed by atoms with Crippen molar-refractivity contribution in [3.8, 4) is 0 Å². The zero-order valence-electron chi connectivity index (χ0n) is 15.2. The molecular formula is C18H31N5O. The molecule has 0 bridgehead atoms. The maximum Gasteiger partial charge on any atom is 0.276 e. The maximum absolute atomic E-state index is 13.1. The SMILES string of the molecule is CC(C)[C@@H]1CC[C@@H](C)CCN1C(=O)c1cn(C2CCNCC2)nn1. The standard InChI is InChI=1S/C18H31N5O/c1-13(2)17-5-4-14(3)8-11-22(17)18(24)16-12-23(21-20-16)15-6-9-19-10-7-15/h12-15,17,19H,4-11H2,1-3H3/t14-,17+/m1/s1. The number of amides is 1. The van der Waals surface area contributed by atoms with Gasteiger partial charge in [0.2, 0.25) is 0 Å². The van der Waals surface area contributed by atoms with E-state index in [0.717, 1.165) is 45.3 Å². The highest BCUT2D eigenvalue weighted by Crippen LogP contribution is 2.27. The molecule has 0 spiro atoms. The van der Waals surface area contributed by atoms with E-state index in [9.17, 15) is 4.79 Å². The van der Waals surface area contributed by atoms with Gasteiger partial charge in [0.25, 0.3) is 5.91 Å². The van der Waals surface area contributed by atoms with Crippen molar-refractivity contribution in [2.75, 3.05) is 19.6 Å². The van der Waals surface area contributed by atoms with Crippen LogP contribution in [0.3, 0.4) is 0 Å². The Morgan fingerprint density at radius 1 is 1.21 bits per heavy atom. The highest BCUT2D eigenvalue weighted by molar-refractivity contribution is 5.92. The molecule has 3 rings (SSSR count). The topological polar surface area (TPSA) is 63.1 Å². The molecule has 134 valence electrons. The second kappa shape index (κ2) is 7.64. The number of hydrogen-bond acceptors (Lipinski definition) is 4. The van der Waals surface area contributed by atoms with E-state index in [1.165, 1.54) is 6.42 Å². The lowest BCUT2D eigenvalue weighted by atomic mass is 9.95. The fraction of sp³-hybridized carbons (Fsp3) is 0.833. The number of likely N-dealkylation sites (tertiary alicyclic amines) is 1. The number of carbonyl (C=O) groups excluding carboxylic acids is 1. The Bertz CT molecular complexity index is 549. The smallest absolute Gasteiger partial charge is 0.276 e. The Morgan fingerprint density at radius 2 is 1.96 bits per heavy atom. The Morgan fingerprint density at radius 3 is 2.67 bits per heavy atom. The van der Waals surface area contributed by atoms with Gasteiger partial charge in [-0.3, -0.25) is 4.79 Å². The van der Waals surface area contributed by atoms with E-state index in [1.807, 2.05) is 10.9 Å². The molecular weight excluding hydrogens is 302 g/mol. The van der Waals surface area contributed by atoms with E-state index < -0.39 is 0 Å². The van der Waals surface area contributed by atoms with E-state index in [2.05, 4.69) is 41.3 Å². The largest absolute Gasteiger partial charge is 0.334 e. The summed E-state index contributed by atoms with van der Waals surface area (Å²) in [5, 5.41) is 11.8. The summed E-state index contributed by atoms with van der Waals surface area (Å²) in [6.45, 7) is 9.57. The van der Waals surface area contributed by atoms with Gasteiger partial charge in [-0.05, 0) is 57.0 Å². The molecule has 0 aliphatic carbocycles. The van der Waals surface area contributed by atoms with Crippen molar-refractivity contribution in [1.82, 2.24) is 25.2 Å². The Balaban J connectivity index is 1.75. The molecule has 6 heteroatoms. The minimum absolute atomic E-state index is 0.0583. The molecule has 2 fully saturated rings. The summed E-state index contributed by atoms with van der Waals surface area (Å²) in [5.74, 6) is 1.22. The predicted octanol–water partition coefficient (Wildman–Crippen LogP) is 2.49. The lowest BCUT2D eigenvalue weighted by Gasteiger charge is -2.32. The number of nitrogens with one attached hydrogen (secondary N) is 1. The summed E-state index contributed by atoms with van der Waals surface area (Å²) in [6.07, 6.45) is 7.34. The average Bonchev–Trinajstić information content (AvgIpc) is 2.99. The van der Waals surface area contributed by atoms with E-state index >= 15 is 0 Å². The quantitative estimate of drug-likeness (QED) is 0.923. The van der Waals surface area contributed by atoms with Gasteiger partial charge in [0, 0.05) is 12.6 Å². The molecule has 0 saturated carbocycles. The highest BCUT2D eigenvalue weighted by atomic mass is 16.2. The normalized spacial score (nSPS) is 26.6. The number of rotatable bonds is 3. The third kappa shape index (κ3) is 3.79. The monoisotopic (exact) mass is 333 g/mol. The third-order valence-electron chi connectivity index (χ3n) is 5.66. The minimum atomic E-state index is 0.0583.